The molecule has 0 spiro atoms. The fraction of sp³-hybridized carbons (Fsp3) is 0.320. The summed E-state index contributed by atoms with van der Waals surface area (Å²) in [5.41, 5.74) is -0.295. The second-order valence-electron chi connectivity index (χ2n) is 9.14. The fourth-order valence-corrected chi connectivity index (χ4v) is 8.08. The van der Waals surface area contributed by atoms with E-state index < -0.39 is 34.8 Å². The molecule has 2 aromatic rings. The van der Waals surface area contributed by atoms with Gasteiger partial charge in [-0.3, -0.25) is 14.5 Å². The Balaban J connectivity index is 1.20. The maximum absolute atomic E-state index is 12.9. The third-order valence-corrected chi connectivity index (χ3v) is 10.8. The van der Waals surface area contributed by atoms with E-state index in [-0.39, 0.29) is 17.4 Å². The number of carboxylic acids is 2. The van der Waals surface area contributed by atoms with Crippen LogP contribution in [-0.2, 0) is 24.7 Å². The minimum absolute atomic E-state index is 0.0232. The second-order valence-corrected chi connectivity index (χ2v) is 13.2. The summed E-state index contributed by atoms with van der Waals surface area (Å²) in [6, 6.07) is 7.75. The van der Waals surface area contributed by atoms with Crippen molar-refractivity contribution in [2.24, 2.45) is 0 Å². The molecule has 3 N–H and O–H groups in total. The molecule has 3 aliphatic rings. The van der Waals surface area contributed by atoms with E-state index in [0.717, 1.165) is 4.90 Å². The summed E-state index contributed by atoms with van der Waals surface area (Å²) in [5, 5.41) is 22.6. The van der Waals surface area contributed by atoms with Crippen LogP contribution in [0.1, 0.15) is 12.8 Å². The molecule has 39 heavy (non-hydrogen) atoms. The number of hydrogen-bond donors (Lipinski definition) is 3. The van der Waals surface area contributed by atoms with Gasteiger partial charge in [0.2, 0.25) is 5.91 Å². The maximum Gasteiger partial charge on any atom is 0.376 e. The topological polar surface area (TPSA) is 128 Å². The number of hydrogen-bond acceptors (Lipinski definition) is 7. The van der Waals surface area contributed by atoms with Gasteiger partial charge in [-0.2, -0.15) is 4.57 Å². The molecule has 1 saturated carbocycles. The number of aliphatic carboxylic acids is 2. The van der Waals surface area contributed by atoms with Crippen molar-refractivity contribution in [3.63, 3.8) is 0 Å². The number of rotatable bonds is 10. The molecule has 3 heterocycles. The minimum atomic E-state index is -1.19. The number of aromatic nitrogens is 1. The van der Waals surface area contributed by atoms with E-state index in [1.54, 1.807) is 35.2 Å². The predicted molar refractivity (Wildman–Crippen MR) is 149 cm³/mol. The molecule has 9 nitrogen and oxygen atoms in total. The molecule has 1 aromatic heterocycles. The van der Waals surface area contributed by atoms with Crippen molar-refractivity contribution >= 4 is 82.2 Å². The van der Waals surface area contributed by atoms with Gasteiger partial charge in [0, 0.05) is 51.3 Å². The van der Waals surface area contributed by atoms with Crippen molar-refractivity contribution in [3.8, 4) is 0 Å². The van der Waals surface area contributed by atoms with Crippen molar-refractivity contribution in [2.75, 3.05) is 17.3 Å². The highest BCUT2D eigenvalue weighted by Gasteiger charge is 2.60. The maximum atomic E-state index is 12.9. The average Bonchev–Trinajstić information content (AvgIpc) is 3.73. The van der Waals surface area contributed by atoms with Crippen LogP contribution in [0.3, 0.4) is 0 Å². The van der Waals surface area contributed by atoms with Gasteiger partial charge in [-0.25, -0.2) is 9.59 Å². The summed E-state index contributed by atoms with van der Waals surface area (Å²) < 4.78 is 1.69. The van der Waals surface area contributed by atoms with Crippen LogP contribution in [0.5, 0.6) is 0 Å². The van der Waals surface area contributed by atoms with Gasteiger partial charge in [0.1, 0.15) is 17.1 Å². The van der Waals surface area contributed by atoms with Crippen molar-refractivity contribution in [3.05, 3.63) is 64.0 Å². The highest BCUT2D eigenvalue weighted by atomic mass is 35.5. The van der Waals surface area contributed by atoms with Gasteiger partial charge in [-0.1, -0.05) is 23.2 Å². The van der Waals surface area contributed by atoms with Crippen molar-refractivity contribution in [1.29, 1.82) is 0 Å². The monoisotopic (exact) mass is 626 g/mol. The van der Waals surface area contributed by atoms with Gasteiger partial charge in [-0.05, 0) is 23.8 Å². The van der Waals surface area contributed by atoms with Gasteiger partial charge in [0.25, 0.3) is 11.4 Å². The number of amides is 2. The highest BCUT2D eigenvalue weighted by Crippen LogP contribution is 2.42. The van der Waals surface area contributed by atoms with Crippen LogP contribution in [0.4, 0.5) is 0 Å². The summed E-state index contributed by atoms with van der Waals surface area (Å²) >= 11 is 16.2. The molecule has 0 bridgehead atoms. The molecule has 1 saturated heterocycles. The first-order valence-electron chi connectivity index (χ1n) is 11.8. The molecule has 2 amide bonds. The number of β-lactam (4-membered cyclic amide) rings is 1. The standard InChI is InChI=1S/C25H21Cl2N3O6S3/c26-14-1-2-16(27)17(9-14)38-12-18(31)28-19-21(32)30-20(23(33)34)13(11-39-22(19)30)10-37-15-3-7-29(8-4-15)25(5-6-25)24(35)36/h1-4,7-9,19,22H,5-6,10-12H2,(H2-,28,31,33,34,35,36)/p+1/t19-,22+/m0/s1. The van der Waals surface area contributed by atoms with E-state index >= 15 is 0 Å². The van der Waals surface area contributed by atoms with Crippen molar-refractivity contribution < 1.29 is 34.0 Å². The number of thioether (sulfide) groups is 3. The third-order valence-electron chi connectivity index (χ3n) is 6.65. The van der Waals surface area contributed by atoms with Gasteiger partial charge < -0.3 is 15.5 Å². The number of halogens is 2. The Morgan fingerprint density at radius 2 is 1.85 bits per heavy atom. The fourth-order valence-electron chi connectivity index (χ4n) is 4.41. The first-order valence-corrected chi connectivity index (χ1v) is 15.5. The number of benzene rings is 1. The first-order chi connectivity index (χ1) is 18.6. The van der Waals surface area contributed by atoms with Gasteiger partial charge in [-0.15, -0.1) is 35.3 Å². The number of carboxylic acid groups (broad SMARTS) is 2. The van der Waals surface area contributed by atoms with E-state index in [1.165, 1.54) is 40.2 Å². The number of carbonyl (C=O) groups is 4. The van der Waals surface area contributed by atoms with Crippen LogP contribution in [0, 0.1) is 0 Å². The van der Waals surface area contributed by atoms with E-state index in [4.69, 9.17) is 23.2 Å². The summed E-state index contributed by atoms with van der Waals surface area (Å²) in [6.07, 6.45) is 4.64. The lowest BCUT2D eigenvalue weighted by Gasteiger charge is -2.49. The Morgan fingerprint density at radius 3 is 2.49 bits per heavy atom. The number of nitrogens with one attached hydrogen (secondary N) is 1. The quantitative estimate of drug-likeness (QED) is 0.206. The van der Waals surface area contributed by atoms with Gasteiger partial charge in [0.05, 0.1) is 10.8 Å². The zero-order valence-electron chi connectivity index (χ0n) is 20.1. The molecule has 5 rings (SSSR count). The average molecular weight is 628 g/mol. The largest absolute Gasteiger partial charge is 0.477 e. The van der Waals surface area contributed by atoms with E-state index in [0.29, 0.717) is 44.9 Å². The molecule has 14 heteroatoms. The Hall–Kier alpha value is -2.38. The Bertz CT molecular complexity index is 1400. The lowest BCUT2D eigenvalue weighted by Crippen LogP contribution is -2.70. The normalized spacial score (nSPS) is 21.2. The van der Waals surface area contributed by atoms with E-state index in [1.807, 2.05) is 12.1 Å². The molecule has 1 aromatic carbocycles. The van der Waals surface area contributed by atoms with Crippen LogP contribution < -0.4 is 9.88 Å². The molecule has 2 atom stereocenters. The molecule has 204 valence electrons. The zero-order chi connectivity index (χ0) is 27.9. The minimum Gasteiger partial charge on any atom is -0.477 e. The van der Waals surface area contributed by atoms with Crippen LogP contribution in [-0.4, -0.2) is 67.5 Å². The molecular weight excluding hydrogens is 605 g/mol. The summed E-state index contributed by atoms with van der Waals surface area (Å²) in [7, 11) is 0. The Kier molecular flexibility index (Phi) is 8.12. The molecule has 2 aliphatic heterocycles. The van der Waals surface area contributed by atoms with Gasteiger partial charge >= 0.3 is 11.9 Å². The summed E-state index contributed by atoms with van der Waals surface area (Å²) in [6.45, 7) is 0. The summed E-state index contributed by atoms with van der Waals surface area (Å²) in [4.78, 5) is 51.9. The molecule has 0 unspecified atom stereocenters. The van der Waals surface area contributed by atoms with Crippen molar-refractivity contribution in [2.45, 2.75) is 39.6 Å². The predicted octanol–water partition coefficient (Wildman–Crippen LogP) is 3.48. The second kappa shape index (κ2) is 11.2. The Morgan fingerprint density at radius 1 is 1.13 bits per heavy atom. The van der Waals surface area contributed by atoms with Gasteiger partial charge in [0.15, 0.2) is 12.4 Å². The first kappa shape index (κ1) is 28.2. The van der Waals surface area contributed by atoms with E-state index in [9.17, 15) is 29.4 Å². The third kappa shape index (κ3) is 5.62. The van der Waals surface area contributed by atoms with E-state index in [2.05, 4.69) is 5.32 Å². The number of carbonyl (C=O) groups excluding carboxylic acids is 2. The lowest BCUT2D eigenvalue weighted by atomic mass is 10.0. The molecule has 0 radical (unpaired) electrons. The van der Waals surface area contributed by atoms with Crippen LogP contribution >= 0.6 is 58.5 Å². The highest BCUT2D eigenvalue weighted by molar-refractivity contribution is 8.01. The summed E-state index contributed by atoms with van der Waals surface area (Å²) in [5.74, 6) is -2.09. The van der Waals surface area contributed by atoms with Crippen LogP contribution in [0.25, 0.3) is 0 Å². The zero-order valence-corrected chi connectivity index (χ0v) is 24.1. The molecular formula is C25H22Cl2N3O6S3+. The molecule has 2 fully saturated rings. The Labute approximate surface area is 246 Å². The smallest absolute Gasteiger partial charge is 0.376 e. The lowest BCUT2D eigenvalue weighted by molar-refractivity contribution is -0.726. The number of nitrogens with zero attached hydrogens (tertiary/aromatic N) is 2. The number of pyridine rings is 1. The van der Waals surface area contributed by atoms with Crippen molar-refractivity contribution in [1.82, 2.24) is 10.2 Å². The number of fused-ring (bicyclic) bond motifs is 1. The van der Waals surface area contributed by atoms with Crippen LogP contribution in [0.15, 0.2) is 63.8 Å². The molecule has 1 aliphatic carbocycles. The van der Waals surface area contributed by atoms with Crippen LogP contribution in [0.2, 0.25) is 10.0 Å². The SMILES string of the molecule is O=C(CSc1cc(Cl)ccc1Cl)N[C@H]1C(=O)N2C(C(=O)O)=C(CSc3cc[n+](C4(C(=O)O)CC4)cc3)CS[C@H]12.